The molecule has 1 heterocycles. The van der Waals surface area contributed by atoms with Crippen LogP contribution in [0.1, 0.15) is 24.2 Å². The van der Waals surface area contributed by atoms with E-state index in [-0.39, 0.29) is 31.6 Å². The van der Waals surface area contributed by atoms with E-state index in [1.165, 1.54) is 0 Å². The van der Waals surface area contributed by atoms with Crippen molar-refractivity contribution in [3.05, 3.63) is 46.3 Å². The minimum absolute atomic E-state index is 0.0165. The molecule has 0 aliphatic carbocycles. The van der Waals surface area contributed by atoms with E-state index < -0.39 is 24.5 Å². The van der Waals surface area contributed by atoms with Gasteiger partial charge in [-0.3, -0.25) is 0 Å². The molecule has 0 aromatic heterocycles. The topological polar surface area (TPSA) is 132 Å². The van der Waals surface area contributed by atoms with Crippen molar-refractivity contribution in [3.63, 3.8) is 0 Å². The molecule has 31 heavy (non-hydrogen) atoms. The van der Waals surface area contributed by atoms with E-state index in [1.807, 2.05) is 19.9 Å². The van der Waals surface area contributed by atoms with Crippen LogP contribution in [0.3, 0.4) is 0 Å². The Bertz CT molecular complexity index is 699. The van der Waals surface area contributed by atoms with E-state index in [2.05, 4.69) is 10.0 Å². The van der Waals surface area contributed by atoms with Crippen LogP contribution in [0.5, 0.6) is 0 Å². The van der Waals surface area contributed by atoms with E-state index in [4.69, 9.17) is 29.2 Å². The zero-order valence-electron chi connectivity index (χ0n) is 18.0. The lowest BCUT2D eigenvalue weighted by atomic mass is 9.83. The van der Waals surface area contributed by atoms with Crippen LogP contribution in [0.25, 0.3) is 10.4 Å². The number of nitrogens with zero attached hydrogens (tertiary/aromatic N) is 3. The SMILES string of the molecule is C[C@@H]1C(CO)O[C@H](OCCOCCOCCN=[N+]=[N-])C(OC(=O)c2ccccc2)[C@H]1C. The summed E-state index contributed by atoms with van der Waals surface area (Å²) in [6.07, 6.45) is -1.83. The number of hydrogen-bond acceptors (Lipinski definition) is 8. The molecule has 1 aromatic rings. The molecule has 0 radical (unpaired) electrons. The van der Waals surface area contributed by atoms with Gasteiger partial charge >= 0.3 is 5.97 Å². The Balaban J connectivity index is 1.82. The molecule has 5 atom stereocenters. The summed E-state index contributed by atoms with van der Waals surface area (Å²) in [5.74, 6) is -0.537. The normalized spacial score (nSPS) is 25.6. The Kier molecular flexibility index (Phi) is 11.3. The van der Waals surface area contributed by atoms with Crippen molar-refractivity contribution < 1.29 is 33.6 Å². The van der Waals surface area contributed by atoms with Crippen molar-refractivity contribution in [2.45, 2.75) is 32.3 Å². The second-order valence-corrected chi connectivity index (χ2v) is 7.23. The third-order valence-corrected chi connectivity index (χ3v) is 5.22. The first-order valence-electron chi connectivity index (χ1n) is 10.4. The average Bonchev–Trinajstić information content (AvgIpc) is 2.79. The lowest BCUT2D eigenvalue weighted by molar-refractivity contribution is -0.276. The molecule has 1 N–H and O–H groups in total. The minimum Gasteiger partial charge on any atom is -0.453 e. The number of rotatable bonds is 13. The Morgan fingerprint density at radius 3 is 2.45 bits per heavy atom. The number of azide groups is 1. The van der Waals surface area contributed by atoms with Crippen molar-refractivity contribution in [1.29, 1.82) is 0 Å². The molecule has 0 amide bonds. The van der Waals surface area contributed by atoms with Crippen LogP contribution in [-0.4, -0.2) is 75.8 Å². The number of aliphatic hydroxyl groups is 1. The quantitative estimate of drug-likeness (QED) is 0.165. The predicted octanol–water partition coefficient (Wildman–Crippen LogP) is 2.56. The number of hydrogen-bond donors (Lipinski definition) is 1. The average molecular weight is 437 g/mol. The van der Waals surface area contributed by atoms with Crippen LogP contribution in [-0.2, 0) is 23.7 Å². The van der Waals surface area contributed by atoms with Crippen LogP contribution in [0, 0.1) is 11.8 Å². The molecule has 1 aromatic carbocycles. The van der Waals surface area contributed by atoms with Crippen LogP contribution >= 0.6 is 0 Å². The van der Waals surface area contributed by atoms with Crippen LogP contribution in [0.4, 0.5) is 0 Å². The number of aliphatic hydroxyl groups excluding tert-OH is 1. The fourth-order valence-electron chi connectivity index (χ4n) is 3.23. The number of ether oxygens (including phenoxy) is 5. The van der Waals surface area contributed by atoms with Crippen LogP contribution < -0.4 is 0 Å². The maximum atomic E-state index is 12.6. The minimum atomic E-state index is -0.806. The first-order chi connectivity index (χ1) is 15.1. The third kappa shape index (κ3) is 8.10. The second-order valence-electron chi connectivity index (χ2n) is 7.23. The van der Waals surface area contributed by atoms with Gasteiger partial charge in [0.1, 0.15) is 0 Å². The summed E-state index contributed by atoms with van der Waals surface area (Å²) >= 11 is 0. The molecule has 0 saturated carbocycles. The number of esters is 1. The summed E-state index contributed by atoms with van der Waals surface area (Å²) < 4.78 is 28.1. The molecule has 172 valence electrons. The molecule has 2 unspecified atom stereocenters. The Morgan fingerprint density at radius 1 is 1.10 bits per heavy atom. The van der Waals surface area contributed by atoms with Gasteiger partial charge in [-0.2, -0.15) is 0 Å². The molecule has 1 aliphatic heterocycles. The lowest BCUT2D eigenvalue weighted by Gasteiger charge is -2.43. The van der Waals surface area contributed by atoms with Gasteiger partial charge in [-0.15, -0.1) is 0 Å². The van der Waals surface area contributed by atoms with Crippen molar-refractivity contribution in [2.24, 2.45) is 17.0 Å². The van der Waals surface area contributed by atoms with Crippen molar-refractivity contribution in [3.8, 4) is 0 Å². The van der Waals surface area contributed by atoms with E-state index >= 15 is 0 Å². The summed E-state index contributed by atoms with van der Waals surface area (Å²) in [7, 11) is 0. The molecule has 10 nitrogen and oxygen atoms in total. The highest BCUT2D eigenvalue weighted by molar-refractivity contribution is 5.89. The maximum Gasteiger partial charge on any atom is 0.338 e. The van der Waals surface area contributed by atoms with Gasteiger partial charge in [0, 0.05) is 17.4 Å². The van der Waals surface area contributed by atoms with E-state index in [0.717, 1.165) is 0 Å². The fourth-order valence-corrected chi connectivity index (χ4v) is 3.23. The Hall–Kier alpha value is -2.20. The zero-order chi connectivity index (χ0) is 22.5. The maximum absolute atomic E-state index is 12.6. The highest BCUT2D eigenvalue weighted by Crippen LogP contribution is 2.33. The predicted molar refractivity (Wildman–Crippen MR) is 111 cm³/mol. The Morgan fingerprint density at radius 2 is 1.77 bits per heavy atom. The third-order valence-electron chi connectivity index (χ3n) is 5.22. The standard InChI is InChI=1S/C21H31N3O7/c1-15-16(2)19(31-20(26)17-6-4-3-5-7-17)21(30-18(15)14-25)29-13-12-28-11-10-27-9-8-23-24-22/h3-7,15-16,18-19,21,25H,8-14H2,1-2H3/t15-,16-,18?,19?,21-/m0/s1. The van der Waals surface area contributed by atoms with E-state index in [9.17, 15) is 9.90 Å². The molecule has 0 bridgehead atoms. The first-order valence-corrected chi connectivity index (χ1v) is 10.4. The smallest absolute Gasteiger partial charge is 0.338 e. The number of benzene rings is 1. The highest BCUT2D eigenvalue weighted by Gasteiger charge is 2.44. The van der Waals surface area contributed by atoms with Crippen molar-refractivity contribution in [2.75, 3.05) is 46.2 Å². The monoisotopic (exact) mass is 437 g/mol. The lowest BCUT2D eigenvalue weighted by Crippen LogP contribution is -2.53. The second kappa shape index (κ2) is 14.0. The molecule has 10 heteroatoms. The van der Waals surface area contributed by atoms with Gasteiger partial charge in [0.25, 0.3) is 0 Å². The summed E-state index contributed by atoms with van der Waals surface area (Å²) in [6, 6.07) is 8.75. The number of carbonyl (C=O) groups excluding carboxylic acids is 1. The van der Waals surface area contributed by atoms with Gasteiger partial charge in [-0.1, -0.05) is 37.2 Å². The first kappa shape index (κ1) is 25.1. The van der Waals surface area contributed by atoms with Gasteiger partial charge < -0.3 is 28.8 Å². The summed E-state index contributed by atoms with van der Waals surface area (Å²) in [5, 5.41) is 13.0. The van der Waals surface area contributed by atoms with Crippen LogP contribution in [0.2, 0.25) is 0 Å². The van der Waals surface area contributed by atoms with E-state index in [0.29, 0.717) is 32.0 Å². The molecule has 0 spiro atoms. The fraction of sp³-hybridized carbons (Fsp3) is 0.667. The zero-order valence-corrected chi connectivity index (χ0v) is 18.0. The molecular formula is C21H31N3O7. The summed E-state index contributed by atoms with van der Waals surface area (Å²) in [6.45, 7) is 5.65. The van der Waals surface area contributed by atoms with Gasteiger partial charge in [0.2, 0.25) is 0 Å². The van der Waals surface area contributed by atoms with Gasteiger partial charge in [0.15, 0.2) is 12.4 Å². The highest BCUT2D eigenvalue weighted by atomic mass is 16.7. The number of carbonyl (C=O) groups is 1. The molecular weight excluding hydrogens is 406 g/mol. The molecule has 1 fully saturated rings. The van der Waals surface area contributed by atoms with Crippen molar-refractivity contribution in [1.82, 2.24) is 0 Å². The van der Waals surface area contributed by atoms with Gasteiger partial charge in [-0.25, -0.2) is 4.79 Å². The summed E-state index contributed by atoms with van der Waals surface area (Å²) in [4.78, 5) is 15.2. The van der Waals surface area contributed by atoms with Gasteiger partial charge in [0.05, 0.1) is 51.3 Å². The largest absolute Gasteiger partial charge is 0.453 e. The molecule has 1 aliphatic rings. The molecule has 1 saturated heterocycles. The van der Waals surface area contributed by atoms with Gasteiger partial charge in [-0.05, 0) is 23.6 Å². The van der Waals surface area contributed by atoms with E-state index in [1.54, 1.807) is 24.3 Å². The Labute approximate surface area is 182 Å². The summed E-state index contributed by atoms with van der Waals surface area (Å²) in [5.41, 5.74) is 8.63. The van der Waals surface area contributed by atoms with Crippen molar-refractivity contribution >= 4 is 5.97 Å². The molecule has 2 rings (SSSR count). The van der Waals surface area contributed by atoms with Crippen LogP contribution in [0.15, 0.2) is 35.4 Å².